The summed E-state index contributed by atoms with van der Waals surface area (Å²) >= 11 is 0. The van der Waals surface area contributed by atoms with E-state index < -0.39 is 42.5 Å². The maximum Gasteiger partial charge on any atom is 0.336 e. The predicted octanol–water partition coefficient (Wildman–Crippen LogP) is -1.90. The number of amides is 1. The highest BCUT2D eigenvalue weighted by Gasteiger charge is 2.32. The van der Waals surface area contributed by atoms with Crippen molar-refractivity contribution in [3.63, 3.8) is 0 Å². The molecule has 4 atom stereocenters. The third-order valence-electron chi connectivity index (χ3n) is 4.16. The second-order valence-electron chi connectivity index (χ2n) is 6.09. The number of aliphatic hydroxyl groups excluding tert-OH is 4. The number of carbonyl (C=O) groups excluding carboxylic acids is 2. The minimum atomic E-state index is -1.85. The second-order valence-corrected chi connectivity index (χ2v) is 6.09. The lowest BCUT2D eigenvalue weighted by Gasteiger charge is -2.26. The largest absolute Gasteiger partial charge is 0.497 e. The van der Waals surface area contributed by atoms with Gasteiger partial charge in [0.05, 0.1) is 20.1 Å². The number of rotatable bonds is 9. The summed E-state index contributed by atoms with van der Waals surface area (Å²) in [6.07, 6.45) is -5.50. The normalized spacial score (nSPS) is 15.5. The molecule has 0 radical (unpaired) electrons. The van der Waals surface area contributed by atoms with E-state index in [0.29, 0.717) is 16.7 Å². The van der Waals surface area contributed by atoms with Gasteiger partial charge < -0.3 is 39.7 Å². The van der Waals surface area contributed by atoms with Crippen LogP contribution >= 0.6 is 0 Å². The summed E-state index contributed by atoms with van der Waals surface area (Å²) < 4.78 is 10.1. The van der Waals surface area contributed by atoms with Crippen LogP contribution in [0.2, 0.25) is 0 Å². The van der Waals surface area contributed by atoms with E-state index in [2.05, 4.69) is 5.32 Å². The molecule has 10 nitrogen and oxygen atoms in total. The van der Waals surface area contributed by atoms with Crippen molar-refractivity contribution in [3.05, 3.63) is 40.2 Å². The van der Waals surface area contributed by atoms with E-state index in [1.54, 1.807) is 12.1 Å². The van der Waals surface area contributed by atoms with Gasteiger partial charge in [-0.25, -0.2) is 4.79 Å². The topological polar surface area (TPSA) is 167 Å². The minimum absolute atomic E-state index is 0.193. The van der Waals surface area contributed by atoms with Crippen molar-refractivity contribution in [1.29, 1.82) is 0 Å². The van der Waals surface area contributed by atoms with Crippen LogP contribution in [0, 0.1) is 0 Å². The fourth-order valence-electron chi connectivity index (χ4n) is 2.64. The van der Waals surface area contributed by atoms with E-state index in [9.17, 15) is 29.7 Å². The van der Waals surface area contributed by atoms with Gasteiger partial charge in [0.1, 0.15) is 42.0 Å². The van der Waals surface area contributed by atoms with Gasteiger partial charge in [0.15, 0.2) is 0 Å². The molecule has 152 valence electrons. The Morgan fingerprint density at radius 2 is 1.96 bits per heavy atom. The van der Waals surface area contributed by atoms with Crippen molar-refractivity contribution in [1.82, 2.24) is 5.32 Å². The molecule has 0 aliphatic heterocycles. The van der Waals surface area contributed by atoms with E-state index in [1.807, 2.05) is 0 Å². The lowest BCUT2D eigenvalue weighted by Crippen LogP contribution is -2.53. The van der Waals surface area contributed by atoms with Gasteiger partial charge in [0, 0.05) is 17.5 Å². The molecule has 2 aromatic rings. The summed E-state index contributed by atoms with van der Waals surface area (Å²) in [5, 5.41) is 40.5. The molecule has 1 aromatic heterocycles. The highest BCUT2D eigenvalue weighted by Crippen LogP contribution is 2.22. The van der Waals surface area contributed by atoms with Crippen LogP contribution in [0.1, 0.15) is 5.56 Å². The van der Waals surface area contributed by atoms with Gasteiger partial charge in [-0.05, 0) is 17.7 Å². The molecule has 0 bridgehead atoms. The molecule has 0 aliphatic rings. The Balaban J connectivity index is 2.20. The third-order valence-corrected chi connectivity index (χ3v) is 4.16. The molecule has 5 N–H and O–H groups in total. The van der Waals surface area contributed by atoms with Crippen LogP contribution in [0.15, 0.2) is 33.5 Å². The second kappa shape index (κ2) is 9.42. The van der Waals surface area contributed by atoms with Gasteiger partial charge in [0.25, 0.3) is 0 Å². The number of hydrogen-bond donors (Lipinski definition) is 5. The number of carbonyl (C=O) groups is 2. The van der Waals surface area contributed by atoms with E-state index in [0.717, 1.165) is 6.07 Å². The van der Waals surface area contributed by atoms with Crippen LogP contribution in [0.25, 0.3) is 11.0 Å². The molecule has 0 unspecified atom stereocenters. The van der Waals surface area contributed by atoms with Gasteiger partial charge in [-0.2, -0.15) is 0 Å². The maximum absolute atomic E-state index is 12.3. The lowest BCUT2D eigenvalue weighted by molar-refractivity contribution is -0.130. The van der Waals surface area contributed by atoms with Crippen LogP contribution in [-0.4, -0.2) is 70.7 Å². The van der Waals surface area contributed by atoms with Crippen LogP contribution in [0.3, 0.4) is 0 Å². The molecular formula is C18H21NO9. The summed E-state index contributed by atoms with van der Waals surface area (Å²) in [6, 6.07) is 4.31. The van der Waals surface area contributed by atoms with Crippen molar-refractivity contribution < 1.29 is 39.2 Å². The lowest BCUT2D eigenvalue weighted by atomic mass is 10.0. The van der Waals surface area contributed by atoms with Crippen LogP contribution in [0.5, 0.6) is 5.75 Å². The first-order valence-corrected chi connectivity index (χ1v) is 8.31. The average Bonchev–Trinajstić information content (AvgIpc) is 2.69. The molecule has 0 aliphatic carbocycles. The first kappa shape index (κ1) is 21.5. The van der Waals surface area contributed by atoms with Crippen LogP contribution < -0.4 is 15.7 Å². The highest BCUT2D eigenvalue weighted by molar-refractivity contribution is 5.88. The molecule has 1 amide bonds. The zero-order valence-electron chi connectivity index (χ0n) is 14.9. The van der Waals surface area contributed by atoms with Crippen LogP contribution in [0.4, 0.5) is 0 Å². The molecule has 0 spiro atoms. The quantitative estimate of drug-likeness (QED) is 0.241. The van der Waals surface area contributed by atoms with Gasteiger partial charge >= 0.3 is 5.63 Å². The Morgan fingerprint density at radius 1 is 1.25 bits per heavy atom. The zero-order chi connectivity index (χ0) is 20.8. The molecule has 1 heterocycles. The average molecular weight is 395 g/mol. The number of nitrogens with one attached hydrogen (secondary N) is 1. The molecule has 0 fully saturated rings. The van der Waals surface area contributed by atoms with Gasteiger partial charge in [-0.1, -0.05) is 0 Å². The number of hydrogen-bond acceptors (Lipinski definition) is 9. The zero-order valence-corrected chi connectivity index (χ0v) is 14.9. The number of ether oxygens (including phenoxy) is 1. The van der Waals surface area contributed by atoms with E-state index >= 15 is 0 Å². The summed E-state index contributed by atoms with van der Waals surface area (Å²) in [5.41, 5.74) is -0.151. The smallest absolute Gasteiger partial charge is 0.336 e. The summed E-state index contributed by atoms with van der Waals surface area (Å²) in [6.45, 7) is -0.840. The summed E-state index contributed by atoms with van der Waals surface area (Å²) in [7, 11) is 1.45. The third kappa shape index (κ3) is 4.93. The van der Waals surface area contributed by atoms with Crippen molar-refractivity contribution >= 4 is 23.2 Å². The number of methoxy groups -OCH3 is 1. The first-order chi connectivity index (χ1) is 13.3. The van der Waals surface area contributed by atoms with Crippen molar-refractivity contribution in [2.45, 2.75) is 30.8 Å². The Hall–Kier alpha value is -2.79. The summed E-state index contributed by atoms with van der Waals surface area (Å²) in [5.74, 6) is -0.262. The van der Waals surface area contributed by atoms with Gasteiger partial charge in [-0.15, -0.1) is 0 Å². The van der Waals surface area contributed by atoms with E-state index in [-0.39, 0.29) is 18.3 Å². The Labute approximate surface area is 159 Å². The maximum atomic E-state index is 12.3. The van der Waals surface area contributed by atoms with Crippen LogP contribution in [-0.2, 0) is 16.0 Å². The molecule has 28 heavy (non-hydrogen) atoms. The Morgan fingerprint density at radius 3 is 2.57 bits per heavy atom. The standard InChI is InChI=1S/C18H21NO9/c1-27-10-2-3-11-9(5-16(24)28-14(11)6-10)4-15(23)19-12(7-20)17(25)18(26)13(22)8-21/h2-3,5-7,12-13,17-18,21-22,25-26H,4,8H2,1H3,(H,19,23)/t12-,13-,17-,18-/m1/s1. The minimum Gasteiger partial charge on any atom is -0.497 e. The molecule has 0 saturated carbocycles. The fourth-order valence-corrected chi connectivity index (χ4v) is 2.64. The monoisotopic (exact) mass is 395 g/mol. The Bertz CT molecular complexity index is 894. The summed E-state index contributed by atoms with van der Waals surface area (Å²) in [4.78, 5) is 35.2. The predicted molar refractivity (Wildman–Crippen MR) is 95.8 cm³/mol. The molecule has 0 saturated heterocycles. The van der Waals surface area contributed by atoms with Gasteiger partial charge in [0.2, 0.25) is 5.91 Å². The number of benzene rings is 1. The highest BCUT2D eigenvalue weighted by atomic mass is 16.5. The van der Waals surface area contributed by atoms with E-state index in [1.165, 1.54) is 13.2 Å². The Kier molecular flexibility index (Phi) is 7.24. The first-order valence-electron chi connectivity index (χ1n) is 8.31. The molecule has 2 rings (SSSR count). The fraction of sp³-hybridized carbons (Fsp3) is 0.389. The SMILES string of the molecule is COc1ccc2c(CC(=O)N[C@H](C=O)[C@@H](O)[C@H](O)[C@H](O)CO)cc(=O)oc2c1. The molecular weight excluding hydrogens is 374 g/mol. The van der Waals surface area contributed by atoms with Gasteiger partial charge in [-0.3, -0.25) is 4.79 Å². The number of aliphatic hydroxyl groups is 4. The molecule has 10 heteroatoms. The van der Waals surface area contributed by atoms with Crippen molar-refractivity contribution in [2.75, 3.05) is 13.7 Å². The van der Waals surface area contributed by atoms with Crippen molar-refractivity contribution in [3.8, 4) is 5.75 Å². The number of aldehydes is 1. The van der Waals surface area contributed by atoms with Crippen molar-refractivity contribution in [2.24, 2.45) is 0 Å². The molecule has 1 aromatic carbocycles. The number of fused-ring (bicyclic) bond motifs is 1. The van der Waals surface area contributed by atoms with E-state index in [4.69, 9.17) is 14.3 Å².